The van der Waals surface area contributed by atoms with Crippen molar-refractivity contribution in [2.24, 2.45) is 0 Å². The van der Waals surface area contributed by atoms with Crippen LogP contribution in [0.3, 0.4) is 0 Å². The molecule has 1 aliphatic rings. The second-order valence-electron chi connectivity index (χ2n) is 9.48. The third-order valence-electron chi connectivity index (χ3n) is 6.46. The van der Waals surface area contributed by atoms with Crippen molar-refractivity contribution in [2.45, 2.75) is 19.3 Å². The molecule has 0 radical (unpaired) electrons. The lowest BCUT2D eigenvalue weighted by atomic mass is 9.85. The number of nitrogens with zero attached hydrogens (tertiary/aromatic N) is 5. The largest absolute Gasteiger partial charge is 0.335 e. The SMILES string of the molecule is CN(C)C(=O)N1CCN(C(=O)c2cnc3ccc(F)cc3c2-c2ccc(C(C)(C)C#N)cc2)CC1. The first-order valence-electron chi connectivity index (χ1n) is 11.5. The number of pyridine rings is 1. The van der Waals surface area contributed by atoms with Gasteiger partial charge in [-0.05, 0) is 43.2 Å². The molecule has 4 rings (SSSR count). The third kappa shape index (κ3) is 4.67. The van der Waals surface area contributed by atoms with Gasteiger partial charge >= 0.3 is 6.03 Å². The van der Waals surface area contributed by atoms with Gasteiger partial charge in [-0.25, -0.2) is 9.18 Å². The lowest BCUT2D eigenvalue weighted by Gasteiger charge is -2.36. The summed E-state index contributed by atoms with van der Waals surface area (Å²) < 4.78 is 14.3. The topological polar surface area (TPSA) is 80.5 Å². The van der Waals surface area contributed by atoms with Gasteiger partial charge in [-0.3, -0.25) is 9.78 Å². The Labute approximate surface area is 204 Å². The molecule has 0 N–H and O–H groups in total. The number of amides is 3. The normalized spacial score (nSPS) is 14.1. The molecular formula is C27H28FN5O2. The van der Waals surface area contributed by atoms with Crippen LogP contribution in [0.2, 0.25) is 0 Å². The van der Waals surface area contributed by atoms with Gasteiger partial charge < -0.3 is 14.7 Å². The summed E-state index contributed by atoms with van der Waals surface area (Å²) in [5.41, 5.74) is 2.50. The summed E-state index contributed by atoms with van der Waals surface area (Å²) >= 11 is 0. The molecule has 1 aromatic heterocycles. The summed E-state index contributed by atoms with van der Waals surface area (Å²) in [6.45, 7) is 5.35. The number of hydrogen-bond acceptors (Lipinski definition) is 4. The molecule has 180 valence electrons. The quantitative estimate of drug-likeness (QED) is 0.569. The van der Waals surface area contributed by atoms with Crippen molar-refractivity contribution in [1.82, 2.24) is 19.7 Å². The van der Waals surface area contributed by atoms with Gasteiger partial charge in [0.05, 0.1) is 22.6 Å². The van der Waals surface area contributed by atoms with Crippen LogP contribution in [0.25, 0.3) is 22.0 Å². The van der Waals surface area contributed by atoms with Crippen LogP contribution in [-0.4, -0.2) is 71.9 Å². The first-order valence-corrected chi connectivity index (χ1v) is 11.5. The number of aromatic nitrogens is 1. The van der Waals surface area contributed by atoms with Crippen LogP contribution >= 0.6 is 0 Å². The average molecular weight is 474 g/mol. The van der Waals surface area contributed by atoms with E-state index >= 15 is 0 Å². The Morgan fingerprint density at radius 1 is 1.03 bits per heavy atom. The highest BCUT2D eigenvalue weighted by atomic mass is 19.1. The van der Waals surface area contributed by atoms with Gasteiger partial charge in [0, 0.05) is 57.4 Å². The van der Waals surface area contributed by atoms with Crippen LogP contribution in [0.15, 0.2) is 48.7 Å². The van der Waals surface area contributed by atoms with Gasteiger partial charge in [-0.2, -0.15) is 5.26 Å². The number of nitriles is 1. The molecular weight excluding hydrogens is 445 g/mol. The zero-order valence-electron chi connectivity index (χ0n) is 20.4. The number of piperazine rings is 1. The van der Waals surface area contributed by atoms with Crippen molar-refractivity contribution in [3.8, 4) is 17.2 Å². The molecule has 3 aromatic rings. The molecule has 1 fully saturated rings. The maximum Gasteiger partial charge on any atom is 0.319 e. The lowest BCUT2D eigenvalue weighted by Crippen LogP contribution is -2.52. The lowest BCUT2D eigenvalue weighted by molar-refractivity contribution is 0.0650. The number of halogens is 1. The number of hydrogen-bond donors (Lipinski definition) is 0. The molecule has 0 atom stereocenters. The summed E-state index contributed by atoms with van der Waals surface area (Å²) in [5, 5.41) is 10.0. The Balaban J connectivity index is 1.74. The number of benzene rings is 2. The molecule has 0 bridgehead atoms. The molecule has 0 spiro atoms. The minimum Gasteiger partial charge on any atom is -0.335 e. The number of carbonyl (C=O) groups excluding carboxylic acids is 2. The van der Waals surface area contributed by atoms with Gasteiger partial charge in [0.1, 0.15) is 5.82 Å². The number of fused-ring (bicyclic) bond motifs is 1. The fraction of sp³-hybridized carbons (Fsp3) is 0.333. The van der Waals surface area contributed by atoms with E-state index in [0.29, 0.717) is 48.2 Å². The van der Waals surface area contributed by atoms with E-state index in [1.54, 1.807) is 36.2 Å². The number of rotatable bonds is 3. The minimum absolute atomic E-state index is 0.0824. The zero-order valence-corrected chi connectivity index (χ0v) is 20.4. The smallest absolute Gasteiger partial charge is 0.319 e. The molecule has 2 heterocycles. The fourth-order valence-electron chi connectivity index (χ4n) is 4.31. The Kier molecular flexibility index (Phi) is 6.44. The highest BCUT2D eigenvalue weighted by molar-refractivity contribution is 6.08. The molecule has 0 unspecified atom stereocenters. The van der Waals surface area contributed by atoms with Gasteiger partial charge in [0.25, 0.3) is 5.91 Å². The fourth-order valence-corrected chi connectivity index (χ4v) is 4.31. The highest BCUT2D eigenvalue weighted by Gasteiger charge is 2.28. The van der Waals surface area contributed by atoms with Crippen molar-refractivity contribution < 1.29 is 14.0 Å². The van der Waals surface area contributed by atoms with Crippen molar-refractivity contribution in [2.75, 3.05) is 40.3 Å². The molecule has 2 aromatic carbocycles. The predicted octanol–water partition coefficient (Wildman–Crippen LogP) is 4.28. The number of carbonyl (C=O) groups is 2. The standard InChI is InChI=1S/C27H28FN5O2/c1-27(2,17-29)19-7-5-18(6-8-19)24-21-15-20(28)9-10-23(21)30-16-22(24)25(34)32-11-13-33(14-12-32)26(35)31(3)4/h5-10,15-16H,11-14H2,1-4H3. The molecule has 35 heavy (non-hydrogen) atoms. The first kappa shape index (κ1) is 24.1. The summed E-state index contributed by atoms with van der Waals surface area (Å²) in [7, 11) is 3.41. The summed E-state index contributed by atoms with van der Waals surface area (Å²) in [5.74, 6) is -0.625. The predicted molar refractivity (Wildman–Crippen MR) is 132 cm³/mol. The average Bonchev–Trinajstić information content (AvgIpc) is 2.87. The van der Waals surface area contributed by atoms with Crippen LogP contribution < -0.4 is 0 Å². The van der Waals surface area contributed by atoms with E-state index in [1.807, 2.05) is 38.1 Å². The zero-order chi connectivity index (χ0) is 25.3. The summed E-state index contributed by atoms with van der Waals surface area (Å²) in [6.07, 6.45) is 1.54. The van der Waals surface area contributed by atoms with Crippen LogP contribution in [0.1, 0.15) is 29.8 Å². The maximum atomic E-state index is 14.3. The molecule has 1 saturated heterocycles. The first-order chi connectivity index (χ1) is 16.6. The van der Waals surface area contributed by atoms with Gasteiger partial charge in [-0.1, -0.05) is 24.3 Å². The Bertz CT molecular complexity index is 1320. The van der Waals surface area contributed by atoms with E-state index in [1.165, 1.54) is 17.0 Å². The van der Waals surface area contributed by atoms with Crippen molar-refractivity contribution in [1.29, 1.82) is 5.26 Å². The summed E-state index contributed by atoms with van der Waals surface area (Å²) in [6, 6.07) is 14.0. The van der Waals surface area contributed by atoms with Gasteiger partial charge in [0.2, 0.25) is 0 Å². The van der Waals surface area contributed by atoms with E-state index in [4.69, 9.17) is 0 Å². The van der Waals surface area contributed by atoms with E-state index < -0.39 is 11.2 Å². The molecule has 3 amide bonds. The molecule has 1 aliphatic heterocycles. The summed E-state index contributed by atoms with van der Waals surface area (Å²) in [4.78, 5) is 35.3. The molecule has 0 aliphatic carbocycles. The van der Waals surface area contributed by atoms with E-state index in [2.05, 4.69) is 11.1 Å². The van der Waals surface area contributed by atoms with E-state index in [0.717, 1.165) is 11.1 Å². The molecule has 0 saturated carbocycles. The van der Waals surface area contributed by atoms with Gasteiger partial charge in [0.15, 0.2) is 0 Å². The van der Waals surface area contributed by atoms with Crippen molar-refractivity contribution in [3.05, 3.63) is 65.6 Å². The Morgan fingerprint density at radius 2 is 1.66 bits per heavy atom. The molecule has 7 nitrogen and oxygen atoms in total. The van der Waals surface area contributed by atoms with E-state index in [-0.39, 0.29) is 11.9 Å². The monoisotopic (exact) mass is 473 g/mol. The highest BCUT2D eigenvalue weighted by Crippen LogP contribution is 2.34. The number of urea groups is 1. The maximum absolute atomic E-state index is 14.3. The van der Waals surface area contributed by atoms with Crippen LogP contribution in [-0.2, 0) is 5.41 Å². The second-order valence-corrected chi connectivity index (χ2v) is 9.48. The van der Waals surface area contributed by atoms with Crippen LogP contribution in [0.4, 0.5) is 9.18 Å². The van der Waals surface area contributed by atoms with Crippen molar-refractivity contribution in [3.63, 3.8) is 0 Å². The molecule has 8 heteroatoms. The van der Waals surface area contributed by atoms with Crippen molar-refractivity contribution >= 4 is 22.8 Å². The Hall–Kier alpha value is -3.99. The van der Waals surface area contributed by atoms with Gasteiger partial charge in [-0.15, -0.1) is 0 Å². The minimum atomic E-state index is -0.659. The van der Waals surface area contributed by atoms with E-state index in [9.17, 15) is 19.2 Å². The second kappa shape index (κ2) is 9.34. The third-order valence-corrected chi connectivity index (χ3v) is 6.46. The Morgan fingerprint density at radius 3 is 2.26 bits per heavy atom. The van der Waals surface area contributed by atoms with Crippen LogP contribution in [0, 0.1) is 17.1 Å². The van der Waals surface area contributed by atoms with Crippen LogP contribution in [0.5, 0.6) is 0 Å².